The third kappa shape index (κ3) is 4.50. The van der Waals surface area contributed by atoms with Crippen LogP contribution in [0.3, 0.4) is 0 Å². The van der Waals surface area contributed by atoms with E-state index in [0.29, 0.717) is 10.6 Å². The molecular formula is C24H21ClN2O3S. The molecule has 1 atom stereocenters. The van der Waals surface area contributed by atoms with E-state index in [4.69, 9.17) is 16.0 Å². The molecule has 0 amide bonds. The first-order chi connectivity index (χ1) is 14.8. The molecule has 0 aliphatic rings. The minimum absolute atomic E-state index is 0.0990. The molecule has 1 unspecified atom stereocenters. The van der Waals surface area contributed by atoms with Crippen molar-refractivity contribution < 1.29 is 12.8 Å². The molecule has 0 bridgehead atoms. The number of anilines is 1. The van der Waals surface area contributed by atoms with Crippen LogP contribution < -0.4 is 5.32 Å². The molecule has 4 rings (SSSR count). The van der Waals surface area contributed by atoms with Crippen molar-refractivity contribution in [2.24, 2.45) is 0 Å². The number of hydrogen-bond acceptors (Lipinski definition) is 5. The molecule has 0 radical (unpaired) electrons. The third-order valence-electron chi connectivity index (χ3n) is 4.92. The van der Waals surface area contributed by atoms with Crippen molar-refractivity contribution in [3.8, 4) is 11.5 Å². The van der Waals surface area contributed by atoms with Crippen LogP contribution >= 0.6 is 11.6 Å². The first-order valence-corrected chi connectivity index (χ1v) is 11.6. The van der Waals surface area contributed by atoms with Crippen LogP contribution in [0.15, 0.2) is 93.2 Å². The Hall–Kier alpha value is -3.09. The quantitative estimate of drug-likeness (QED) is 0.371. The van der Waals surface area contributed by atoms with Gasteiger partial charge in [-0.25, -0.2) is 8.42 Å². The summed E-state index contributed by atoms with van der Waals surface area (Å²) < 4.78 is 32.7. The Kier molecular flexibility index (Phi) is 5.85. The third-order valence-corrected chi connectivity index (χ3v) is 6.85. The maximum Gasteiger partial charge on any atom is 0.234 e. The van der Waals surface area contributed by atoms with E-state index >= 15 is 0 Å². The van der Waals surface area contributed by atoms with E-state index in [0.717, 1.165) is 11.1 Å². The van der Waals surface area contributed by atoms with Crippen molar-refractivity contribution in [1.82, 2.24) is 4.98 Å². The Bertz CT molecular complexity index is 1280. The van der Waals surface area contributed by atoms with Crippen molar-refractivity contribution in [2.45, 2.75) is 29.8 Å². The Morgan fingerprint density at radius 3 is 2.23 bits per heavy atom. The molecule has 0 aliphatic heterocycles. The number of benzene rings is 3. The number of aryl methyl sites for hydroxylation is 1. The molecule has 1 N–H and O–H groups in total. The van der Waals surface area contributed by atoms with Gasteiger partial charge in [0.05, 0.1) is 10.9 Å². The fourth-order valence-electron chi connectivity index (χ4n) is 3.15. The van der Waals surface area contributed by atoms with Gasteiger partial charge in [0.1, 0.15) is 0 Å². The molecule has 0 aliphatic carbocycles. The van der Waals surface area contributed by atoms with Crippen molar-refractivity contribution in [2.75, 3.05) is 5.32 Å². The predicted molar refractivity (Wildman–Crippen MR) is 122 cm³/mol. The summed E-state index contributed by atoms with van der Waals surface area (Å²) in [6.07, 6.45) is 0. The van der Waals surface area contributed by atoms with Gasteiger partial charge in [-0.15, -0.1) is 0 Å². The Balaban J connectivity index is 1.80. The highest BCUT2D eigenvalue weighted by atomic mass is 35.5. The molecule has 4 aromatic rings. The summed E-state index contributed by atoms with van der Waals surface area (Å²) in [7, 11) is -3.90. The smallest absolute Gasteiger partial charge is 0.234 e. The SMILES string of the molecule is Cc1ccc(S(=O)(=O)c2nc(-c3ccc(Cl)cc3)oc2NC(C)c2ccccc2)cc1. The highest BCUT2D eigenvalue weighted by molar-refractivity contribution is 7.91. The summed E-state index contributed by atoms with van der Waals surface area (Å²) in [5.41, 5.74) is 2.59. The summed E-state index contributed by atoms with van der Waals surface area (Å²) in [5, 5.41) is 3.60. The van der Waals surface area contributed by atoms with E-state index in [2.05, 4.69) is 10.3 Å². The number of halogens is 1. The second kappa shape index (κ2) is 8.57. The molecule has 0 saturated carbocycles. The predicted octanol–water partition coefficient (Wildman–Crippen LogP) is 6.31. The molecule has 1 heterocycles. The zero-order valence-corrected chi connectivity index (χ0v) is 18.6. The number of sulfone groups is 1. The largest absolute Gasteiger partial charge is 0.419 e. The van der Waals surface area contributed by atoms with Crippen LogP contribution in [0.1, 0.15) is 24.1 Å². The van der Waals surface area contributed by atoms with Crippen LogP contribution in [0.4, 0.5) is 5.88 Å². The highest BCUT2D eigenvalue weighted by Gasteiger charge is 2.29. The number of oxazole rings is 1. The van der Waals surface area contributed by atoms with Gasteiger partial charge in [-0.05, 0) is 55.8 Å². The minimum atomic E-state index is -3.90. The van der Waals surface area contributed by atoms with Gasteiger partial charge in [0.15, 0.2) is 0 Å². The van der Waals surface area contributed by atoms with Gasteiger partial charge >= 0.3 is 0 Å². The summed E-state index contributed by atoms with van der Waals surface area (Å²) in [6.45, 7) is 3.84. The van der Waals surface area contributed by atoms with Crippen LogP contribution in [0.25, 0.3) is 11.5 Å². The van der Waals surface area contributed by atoms with E-state index in [1.54, 1.807) is 48.5 Å². The molecular weight excluding hydrogens is 432 g/mol. The van der Waals surface area contributed by atoms with Crippen LogP contribution in [0.5, 0.6) is 0 Å². The van der Waals surface area contributed by atoms with Crippen molar-refractivity contribution >= 4 is 27.3 Å². The van der Waals surface area contributed by atoms with Gasteiger partial charge in [-0.1, -0.05) is 59.6 Å². The lowest BCUT2D eigenvalue weighted by Crippen LogP contribution is -2.10. The van der Waals surface area contributed by atoms with Crippen molar-refractivity contribution in [3.63, 3.8) is 0 Å². The molecule has 31 heavy (non-hydrogen) atoms. The number of nitrogens with zero attached hydrogens (tertiary/aromatic N) is 1. The number of aromatic nitrogens is 1. The van der Waals surface area contributed by atoms with Gasteiger partial charge in [0.2, 0.25) is 26.6 Å². The minimum Gasteiger partial charge on any atom is -0.419 e. The topological polar surface area (TPSA) is 72.2 Å². The molecule has 0 saturated heterocycles. The maximum absolute atomic E-state index is 13.4. The molecule has 0 spiro atoms. The summed E-state index contributed by atoms with van der Waals surface area (Å²) >= 11 is 5.98. The summed E-state index contributed by atoms with van der Waals surface area (Å²) in [4.78, 5) is 4.52. The lowest BCUT2D eigenvalue weighted by atomic mass is 10.1. The van der Waals surface area contributed by atoms with Crippen LogP contribution in [0, 0.1) is 6.92 Å². The van der Waals surface area contributed by atoms with E-state index in [1.165, 1.54) is 0 Å². The summed E-state index contributed by atoms with van der Waals surface area (Å²) in [5.74, 6) is 0.298. The van der Waals surface area contributed by atoms with E-state index in [1.807, 2.05) is 44.2 Å². The van der Waals surface area contributed by atoms with Gasteiger partial charge in [-0.3, -0.25) is 0 Å². The summed E-state index contributed by atoms with van der Waals surface area (Å²) in [6, 6.07) is 23.1. The second-order valence-electron chi connectivity index (χ2n) is 7.25. The fraction of sp³-hybridized carbons (Fsp3) is 0.125. The standard InChI is InChI=1S/C24H21ClN2O3S/c1-16-8-14-21(15-9-16)31(28,29)24-23(26-17(2)18-6-4-3-5-7-18)30-22(27-24)19-10-12-20(25)13-11-19/h3-15,17,26H,1-2H3. The zero-order valence-electron chi connectivity index (χ0n) is 17.0. The van der Waals surface area contributed by atoms with E-state index < -0.39 is 9.84 Å². The number of nitrogens with one attached hydrogen (secondary N) is 1. The lowest BCUT2D eigenvalue weighted by molar-refractivity contribution is 0.570. The first-order valence-electron chi connectivity index (χ1n) is 9.74. The van der Waals surface area contributed by atoms with Crippen LogP contribution in [0.2, 0.25) is 5.02 Å². The molecule has 158 valence electrons. The Morgan fingerprint density at radius 2 is 1.58 bits per heavy atom. The van der Waals surface area contributed by atoms with E-state index in [-0.39, 0.29) is 27.7 Å². The van der Waals surface area contributed by atoms with Crippen molar-refractivity contribution in [3.05, 3.63) is 95.0 Å². The maximum atomic E-state index is 13.4. The lowest BCUT2D eigenvalue weighted by Gasteiger charge is -2.14. The van der Waals surface area contributed by atoms with Gasteiger partial charge < -0.3 is 9.73 Å². The van der Waals surface area contributed by atoms with E-state index in [9.17, 15) is 8.42 Å². The molecule has 7 heteroatoms. The van der Waals surface area contributed by atoms with Gasteiger partial charge in [0, 0.05) is 10.6 Å². The normalized spacial score (nSPS) is 12.5. The second-order valence-corrected chi connectivity index (χ2v) is 9.55. The van der Waals surface area contributed by atoms with Gasteiger partial charge in [-0.2, -0.15) is 4.98 Å². The molecule has 0 fully saturated rings. The Labute approximate surface area is 186 Å². The number of rotatable bonds is 6. The molecule has 1 aromatic heterocycles. The fourth-order valence-corrected chi connectivity index (χ4v) is 4.54. The monoisotopic (exact) mass is 452 g/mol. The van der Waals surface area contributed by atoms with Gasteiger partial charge in [0.25, 0.3) is 0 Å². The molecule has 5 nitrogen and oxygen atoms in total. The van der Waals surface area contributed by atoms with Crippen LogP contribution in [-0.2, 0) is 9.84 Å². The average Bonchev–Trinajstić information content (AvgIpc) is 3.20. The number of hydrogen-bond donors (Lipinski definition) is 1. The average molecular weight is 453 g/mol. The zero-order chi connectivity index (χ0) is 22.0. The van der Waals surface area contributed by atoms with Crippen molar-refractivity contribution in [1.29, 1.82) is 0 Å². The highest BCUT2D eigenvalue weighted by Crippen LogP contribution is 2.34. The first kappa shape index (κ1) is 21.2. The Morgan fingerprint density at radius 1 is 0.935 bits per heavy atom. The molecule has 3 aromatic carbocycles. The van der Waals surface area contributed by atoms with Crippen LogP contribution in [-0.4, -0.2) is 13.4 Å².